The molecule has 2 fully saturated rings. The normalized spacial score (nSPS) is 19.7. The van der Waals surface area contributed by atoms with Crippen molar-refractivity contribution in [1.29, 1.82) is 0 Å². The molecule has 260 valence electrons. The summed E-state index contributed by atoms with van der Waals surface area (Å²) in [5.41, 5.74) is -3.74. The topological polar surface area (TPSA) is 55.9 Å². The number of piperidine rings is 2. The molecule has 0 aromatic heterocycles. The van der Waals surface area contributed by atoms with Gasteiger partial charge in [-0.3, -0.25) is 14.5 Å². The van der Waals surface area contributed by atoms with Gasteiger partial charge in [0.2, 0.25) is 5.91 Å². The van der Waals surface area contributed by atoms with Gasteiger partial charge in [-0.1, -0.05) is 35.7 Å². The zero-order chi connectivity index (χ0) is 34.7. The van der Waals surface area contributed by atoms with Crippen LogP contribution in [0.4, 0.5) is 26.3 Å². The third kappa shape index (κ3) is 8.74. The molecular formula is C33H40Cl2F6N4O2. The molecule has 2 amide bonds. The molecule has 0 spiro atoms. The molecule has 2 aliphatic heterocycles. The van der Waals surface area contributed by atoms with Crippen LogP contribution in [0.3, 0.4) is 0 Å². The first-order valence-corrected chi connectivity index (χ1v) is 16.4. The second-order valence-corrected chi connectivity index (χ2v) is 13.6. The van der Waals surface area contributed by atoms with E-state index in [-0.39, 0.29) is 35.5 Å². The smallest absolute Gasteiger partial charge is 0.347 e. The summed E-state index contributed by atoms with van der Waals surface area (Å²) in [6.45, 7) is 2.18. The van der Waals surface area contributed by atoms with E-state index in [9.17, 15) is 35.9 Å². The quantitative estimate of drug-likeness (QED) is 0.271. The third-order valence-electron chi connectivity index (χ3n) is 9.35. The fourth-order valence-corrected chi connectivity index (χ4v) is 7.29. The average molecular weight is 710 g/mol. The zero-order valence-corrected chi connectivity index (χ0v) is 28.1. The SMILES string of the molecule is CN(C)C(=O)C1(N2CCCCC2CCC(CN(C)C(=O)c2cc(C(F)(F)F)cc(C(F)(F)F)c2)c2ccc(Cl)c(Cl)c2)CCNCC1. The van der Waals surface area contributed by atoms with Gasteiger partial charge in [-0.05, 0) is 94.1 Å². The molecule has 4 rings (SSSR count). The minimum atomic E-state index is -5.08. The molecular weight excluding hydrogens is 669 g/mol. The first-order valence-electron chi connectivity index (χ1n) is 15.6. The Kier molecular flexibility index (Phi) is 11.8. The molecule has 47 heavy (non-hydrogen) atoms. The van der Waals surface area contributed by atoms with Crippen molar-refractivity contribution in [2.24, 2.45) is 0 Å². The van der Waals surface area contributed by atoms with Gasteiger partial charge >= 0.3 is 12.4 Å². The summed E-state index contributed by atoms with van der Waals surface area (Å²) in [7, 11) is 4.88. The summed E-state index contributed by atoms with van der Waals surface area (Å²) in [5.74, 6) is -1.29. The highest BCUT2D eigenvalue weighted by atomic mass is 35.5. The summed E-state index contributed by atoms with van der Waals surface area (Å²) in [5, 5.41) is 3.95. The lowest BCUT2D eigenvalue weighted by Crippen LogP contribution is -2.66. The lowest BCUT2D eigenvalue weighted by molar-refractivity contribution is -0.148. The standard InChI is InChI=1S/C33H40Cl2F6N4O2/c1-43(2)30(47)31(11-13-42-14-12-31)45-15-5-4-6-26(45)9-7-22(21-8-10-27(34)28(35)18-21)20-44(3)29(46)23-16-24(32(36,37)38)19-25(17-23)33(39,40)41/h8,10,16-19,22,26,42H,4-7,9,11-15,20H2,1-3H3. The van der Waals surface area contributed by atoms with E-state index in [1.165, 1.54) is 7.05 Å². The van der Waals surface area contributed by atoms with E-state index < -0.39 is 40.5 Å². The molecule has 0 bridgehead atoms. The van der Waals surface area contributed by atoms with Crippen molar-refractivity contribution in [3.05, 3.63) is 68.7 Å². The fourth-order valence-electron chi connectivity index (χ4n) is 6.98. The maximum Gasteiger partial charge on any atom is 0.416 e. The Bertz CT molecular complexity index is 1400. The van der Waals surface area contributed by atoms with Crippen LogP contribution in [0.15, 0.2) is 36.4 Å². The maximum absolute atomic E-state index is 13.7. The van der Waals surface area contributed by atoms with Crippen LogP contribution in [0.5, 0.6) is 0 Å². The first kappa shape index (κ1) is 37.3. The van der Waals surface area contributed by atoms with Crippen LogP contribution in [-0.2, 0) is 17.1 Å². The van der Waals surface area contributed by atoms with Crippen molar-refractivity contribution < 1.29 is 35.9 Å². The number of nitrogens with zero attached hydrogens (tertiary/aromatic N) is 3. The summed E-state index contributed by atoms with van der Waals surface area (Å²) in [6, 6.07) is 5.98. The summed E-state index contributed by atoms with van der Waals surface area (Å²) < 4.78 is 81.1. The number of hydrogen-bond acceptors (Lipinski definition) is 4. The number of amides is 2. The molecule has 2 aliphatic rings. The number of likely N-dealkylation sites (N-methyl/N-ethyl adjacent to an activating group) is 2. The van der Waals surface area contributed by atoms with Crippen LogP contribution >= 0.6 is 23.2 Å². The van der Waals surface area contributed by atoms with Crippen molar-refractivity contribution in [3.8, 4) is 0 Å². The van der Waals surface area contributed by atoms with Crippen molar-refractivity contribution in [1.82, 2.24) is 20.0 Å². The number of carbonyl (C=O) groups excluding carboxylic acids is 2. The Labute approximate surface area is 281 Å². The van der Waals surface area contributed by atoms with Gasteiger partial charge in [0.15, 0.2) is 0 Å². The van der Waals surface area contributed by atoms with E-state index in [2.05, 4.69) is 10.2 Å². The minimum absolute atomic E-state index is 0.00140. The Morgan fingerprint density at radius 1 is 0.936 bits per heavy atom. The van der Waals surface area contributed by atoms with E-state index >= 15 is 0 Å². The molecule has 0 saturated carbocycles. The van der Waals surface area contributed by atoms with E-state index in [4.69, 9.17) is 23.2 Å². The van der Waals surface area contributed by atoms with Gasteiger partial charge in [-0.15, -0.1) is 0 Å². The van der Waals surface area contributed by atoms with Crippen molar-refractivity contribution in [2.75, 3.05) is 47.3 Å². The van der Waals surface area contributed by atoms with Gasteiger partial charge in [0.25, 0.3) is 5.91 Å². The molecule has 2 unspecified atom stereocenters. The zero-order valence-electron chi connectivity index (χ0n) is 26.6. The Hall–Kier alpha value is -2.54. The molecule has 6 nitrogen and oxygen atoms in total. The van der Waals surface area contributed by atoms with Crippen LogP contribution in [0.2, 0.25) is 10.0 Å². The predicted octanol–water partition coefficient (Wildman–Crippen LogP) is 7.73. The number of halogens is 8. The molecule has 2 atom stereocenters. The van der Waals surface area contributed by atoms with Crippen LogP contribution < -0.4 is 5.32 Å². The van der Waals surface area contributed by atoms with Crippen molar-refractivity contribution in [3.63, 3.8) is 0 Å². The monoisotopic (exact) mass is 708 g/mol. The molecule has 14 heteroatoms. The number of hydrogen-bond donors (Lipinski definition) is 1. The predicted molar refractivity (Wildman–Crippen MR) is 170 cm³/mol. The van der Waals surface area contributed by atoms with Crippen LogP contribution in [0, 0.1) is 0 Å². The molecule has 0 aliphatic carbocycles. The number of alkyl halides is 6. The Balaban J connectivity index is 1.63. The number of nitrogens with one attached hydrogen (secondary N) is 1. The molecule has 1 N–H and O–H groups in total. The van der Waals surface area contributed by atoms with Crippen LogP contribution in [0.25, 0.3) is 0 Å². The molecule has 2 aromatic carbocycles. The molecule has 2 saturated heterocycles. The Morgan fingerprint density at radius 2 is 1.55 bits per heavy atom. The Morgan fingerprint density at radius 3 is 2.11 bits per heavy atom. The number of rotatable bonds is 9. The molecule has 0 radical (unpaired) electrons. The van der Waals surface area contributed by atoms with E-state index in [0.29, 0.717) is 55.9 Å². The molecule has 2 heterocycles. The molecule has 2 aromatic rings. The third-order valence-corrected chi connectivity index (χ3v) is 10.1. The van der Waals surface area contributed by atoms with E-state index in [1.807, 2.05) is 0 Å². The lowest BCUT2D eigenvalue weighted by atomic mass is 9.80. The highest BCUT2D eigenvalue weighted by molar-refractivity contribution is 6.42. The van der Waals surface area contributed by atoms with Gasteiger partial charge in [0.05, 0.1) is 21.2 Å². The van der Waals surface area contributed by atoms with Crippen molar-refractivity contribution in [2.45, 2.75) is 74.8 Å². The van der Waals surface area contributed by atoms with Gasteiger partial charge in [0, 0.05) is 45.2 Å². The van der Waals surface area contributed by atoms with Crippen LogP contribution in [-0.4, -0.2) is 85.4 Å². The van der Waals surface area contributed by atoms with Gasteiger partial charge in [0.1, 0.15) is 5.54 Å². The second-order valence-electron chi connectivity index (χ2n) is 12.8. The number of benzene rings is 2. The largest absolute Gasteiger partial charge is 0.416 e. The number of carbonyl (C=O) groups is 2. The van der Waals surface area contributed by atoms with E-state index in [1.54, 1.807) is 37.2 Å². The average Bonchev–Trinajstić information content (AvgIpc) is 3.02. The minimum Gasteiger partial charge on any atom is -0.347 e. The van der Waals surface area contributed by atoms with Gasteiger partial charge < -0.3 is 15.1 Å². The second kappa shape index (κ2) is 14.9. The highest BCUT2D eigenvalue weighted by Gasteiger charge is 2.48. The summed E-state index contributed by atoms with van der Waals surface area (Å²) in [4.78, 5) is 32.2. The van der Waals surface area contributed by atoms with E-state index in [0.717, 1.165) is 36.3 Å². The summed E-state index contributed by atoms with van der Waals surface area (Å²) >= 11 is 12.5. The number of likely N-dealkylation sites (tertiary alicyclic amines) is 1. The first-order chi connectivity index (χ1) is 21.9. The van der Waals surface area contributed by atoms with Crippen molar-refractivity contribution >= 4 is 35.0 Å². The maximum atomic E-state index is 13.7. The fraction of sp³-hybridized carbons (Fsp3) is 0.576. The lowest BCUT2D eigenvalue weighted by Gasteiger charge is -2.51. The summed E-state index contributed by atoms with van der Waals surface area (Å²) in [6.07, 6.45) is -4.86. The highest BCUT2D eigenvalue weighted by Crippen LogP contribution is 2.39. The van der Waals surface area contributed by atoms with Gasteiger partial charge in [-0.2, -0.15) is 26.3 Å². The van der Waals surface area contributed by atoms with Gasteiger partial charge in [-0.25, -0.2) is 0 Å². The van der Waals surface area contributed by atoms with Crippen LogP contribution in [0.1, 0.15) is 77.9 Å².